The Morgan fingerprint density at radius 3 is 2.62 bits per heavy atom. The smallest absolute Gasteiger partial charge is 0.0705 e. The van der Waals surface area contributed by atoms with Crippen LogP contribution in [-0.2, 0) is 0 Å². The topological polar surface area (TPSA) is 72.3 Å². The number of rotatable bonds is 2. The average Bonchev–Trinajstić information content (AvgIpc) is 2.08. The third-order valence-corrected chi connectivity index (χ3v) is 2.30. The Morgan fingerprint density at radius 2 is 2.08 bits per heavy atom. The van der Waals surface area contributed by atoms with Crippen LogP contribution in [0.3, 0.4) is 0 Å². The summed E-state index contributed by atoms with van der Waals surface area (Å²) >= 11 is 5.80. The van der Waals surface area contributed by atoms with Crippen molar-refractivity contribution in [3.63, 3.8) is 0 Å². The molecule has 1 aromatic carbocycles. The zero-order valence-corrected chi connectivity index (χ0v) is 8.12. The van der Waals surface area contributed by atoms with Gasteiger partial charge in [-0.25, -0.2) is 0 Å². The van der Waals surface area contributed by atoms with Gasteiger partial charge in [-0.15, -0.1) is 0 Å². The van der Waals surface area contributed by atoms with E-state index in [1.807, 2.05) is 0 Å². The molecule has 1 aromatic rings. The summed E-state index contributed by atoms with van der Waals surface area (Å²) in [5.41, 5.74) is 12.5. The first-order valence-corrected chi connectivity index (χ1v) is 4.39. The molecule has 5 N–H and O–H groups in total. The molecule has 0 aromatic heterocycles. The Hall–Kier alpha value is -0.770. The van der Waals surface area contributed by atoms with Crippen LogP contribution in [0.5, 0.6) is 0 Å². The number of hydrogen-bond donors (Lipinski definition) is 3. The van der Waals surface area contributed by atoms with E-state index in [9.17, 15) is 5.11 Å². The van der Waals surface area contributed by atoms with Crippen LogP contribution < -0.4 is 11.5 Å². The van der Waals surface area contributed by atoms with Crippen LogP contribution in [0.25, 0.3) is 0 Å². The molecule has 4 heteroatoms. The second-order valence-corrected chi connectivity index (χ2v) is 3.42. The van der Waals surface area contributed by atoms with Gasteiger partial charge in [0, 0.05) is 0 Å². The minimum absolute atomic E-state index is 0.442. The van der Waals surface area contributed by atoms with Gasteiger partial charge in [-0.05, 0) is 18.6 Å². The predicted octanol–water partition coefficient (Wildman–Crippen LogP) is 1.30. The number of aliphatic hydroxyl groups excluding tert-OH is 1. The van der Waals surface area contributed by atoms with Gasteiger partial charge in [0.25, 0.3) is 0 Å². The zero-order chi connectivity index (χ0) is 10.0. The summed E-state index contributed by atoms with van der Waals surface area (Å²) in [5.74, 6) is 0. The minimum atomic E-state index is -0.638. The maximum Gasteiger partial charge on any atom is 0.0705 e. The van der Waals surface area contributed by atoms with Gasteiger partial charge in [-0.1, -0.05) is 23.7 Å². The number of hydrogen-bond acceptors (Lipinski definition) is 3. The predicted molar refractivity (Wildman–Crippen MR) is 54.5 cm³/mol. The number of nitrogens with two attached hydrogens (primary N) is 2. The highest BCUT2D eigenvalue weighted by atomic mass is 35.5. The van der Waals surface area contributed by atoms with Gasteiger partial charge in [0.1, 0.15) is 0 Å². The van der Waals surface area contributed by atoms with Gasteiger partial charge >= 0.3 is 0 Å². The van der Waals surface area contributed by atoms with E-state index in [0.29, 0.717) is 16.3 Å². The lowest BCUT2D eigenvalue weighted by Crippen LogP contribution is -2.24. The SMILES string of the molecule is C[C@H](O)[C@@H](N)c1cccc(Cl)c1N. The van der Waals surface area contributed by atoms with Gasteiger partial charge in [-0.2, -0.15) is 0 Å². The van der Waals surface area contributed by atoms with Gasteiger partial charge in [-0.3, -0.25) is 0 Å². The van der Waals surface area contributed by atoms with Crippen molar-refractivity contribution in [2.75, 3.05) is 5.73 Å². The molecule has 0 aliphatic heterocycles. The standard InChI is InChI=1S/C9H13ClN2O/c1-5(13)8(11)6-3-2-4-7(10)9(6)12/h2-5,8,13H,11-12H2,1H3/t5-,8+/m0/s1. The maximum absolute atomic E-state index is 9.27. The fourth-order valence-electron chi connectivity index (χ4n) is 1.10. The van der Waals surface area contributed by atoms with Crippen molar-refractivity contribution in [1.82, 2.24) is 0 Å². The number of para-hydroxylation sites is 1. The molecule has 0 radical (unpaired) electrons. The molecule has 0 heterocycles. The van der Waals surface area contributed by atoms with E-state index in [-0.39, 0.29) is 0 Å². The Bertz CT molecular complexity index is 302. The number of benzene rings is 1. The fourth-order valence-corrected chi connectivity index (χ4v) is 1.29. The highest BCUT2D eigenvalue weighted by Crippen LogP contribution is 2.27. The van der Waals surface area contributed by atoms with Crippen LogP contribution in [-0.4, -0.2) is 11.2 Å². The molecule has 0 amide bonds. The average molecular weight is 201 g/mol. The molecular formula is C9H13ClN2O. The number of nitrogen functional groups attached to an aromatic ring is 1. The second-order valence-electron chi connectivity index (χ2n) is 3.01. The molecule has 2 atom stereocenters. The highest BCUT2D eigenvalue weighted by Gasteiger charge is 2.15. The molecule has 0 fully saturated rings. The van der Waals surface area contributed by atoms with E-state index in [1.54, 1.807) is 25.1 Å². The summed E-state index contributed by atoms with van der Waals surface area (Å²) in [6.07, 6.45) is -0.638. The zero-order valence-electron chi connectivity index (χ0n) is 7.37. The van der Waals surface area contributed by atoms with Gasteiger partial charge in [0.05, 0.1) is 22.9 Å². The van der Waals surface area contributed by atoms with E-state index in [1.165, 1.54) is 0 Å². The van der Waals surface area contributed by atoms with Crippen LogP contribution in [0.2, 0.25) is 5.02 Å². The van der Waals surface area contributed by atoms with Crippen molar-refractivity contribution < 1.29 is 5.11 Å². The molecule has 3 nitrogen and oxygen atoms in total. The van der Waals surface area contributed by atoms with E-state index >= 15 is 0 Å². The minimum Gasteiger partial charge on any atom is -0.397 e. The van der Waals surface area contributed by atoms with E-state index in [2.05, 4.69) is 0 Å². The van der Waals surface area contributed by atoms with E-state index in [4.69, 9.17) is 23.1 Å². The maximum atomic E-state index is 9.27. The summed E-state index contributed by atoms with van der Waals surface area (Å²) < 4.78 is 0. The Morgan fingerprint density at radius 1 is 1.46 bits per heavy atom. The molecule has 0 saturated carbocycles. The Kier molecular flexibility index (Phi) is 3.14. The van der Waals surface area contributed by atoms with Crippen molar-refractivity contribution in [1.29, 1.82) is 0 Å². The van der Waals surface area contributed by atoms with Crippen molar-refractivity contribution in [3.05, 3.63) is 28.8 Å². The van der Waals surface area contributed by atoms with E-state index < -0.39 is 12.1 Å². The Balaban J connectivity index is 3.07. The number of halogens is 1. The molecule has 0 aliphatic carbocycles. The molecular weight excluding hydrogens is 188 g/mol. The quantitative estimate of drug-likeness (QED) is 0.631. The van der Waals surface area contributed by atoms with Gasteiger partial charge < -0.3 is 16.6 Å². The summed E-state index contributed by atoms with van der Waals surface area (Å²) in [4.78, 5) is 0. The van der Waals surface area contributed by atoms with Crippen LogP contribution >= 0.6 is 11.6 Å². The lowest BCUT2D eigenvalue weighted by Gasteiger charge is -2.17. The van der Waals surface area contributed by atoms with Crippen molar-refractivity contribution in [2.24, 2.45) is 5.73 Å². The molecule has 72 valence electrons. The van der Waals surface area contributed by atoms with Crippen molar-refractivity contribution in [2.45, 2.75) is 19.1 Å². The van der Waals surface area contributed by atoms with Gasteiger partial charge in [0.15, 0.2) is 0 Å². The third kappa shape index (κ3) is 2.12. The normalized spacial score (nSPS) is 15.4. The molecule has 13 heavy (non-hydrogen) atoms. The summed E-state index contributed by atoms with van der Waals surface area (Å²) in [5, 5.41) is 9.73. The molecule has 0 unspecified atom stereocenters. The first-order chi connectivity index (χ1) is 6.04. The lowest BCUT2D eigenvalue weighted by atomic mass is 10.0. The highest BCUT2D eigenvalue weighted by molar-refractivity contribution is 6.33. The van der Waals surface area contributed by atoms with Crippen LogP contribution in [0.1, 0.15) is 18.5 Å². The van der Waals surface area contributed by atoms with E-state index in [0.717, 1.165) is 0 Å². The van der Waals surface area contributed by atoms with Crippen molar-refractivity contribution >= 4 is 17.3 Å². The largest absolute Gasteiger partial charge is 0.397 e. The van der Waals surface area contributed by atoms with Crippen molar-refractivity contribution in [3.8, 4) is 0 Å². The van der Waals surface area contributed by atoms with Crippen LogP contribution in [0.4, 0.5) is 5.69 Å². The number of anilines is 1. The fraction of sp³-hybridized carbons (Fsp3) is 0.333. The second kappa shape index (κ2) is 3.96. The first-order valence-electron chi connectivity index (χ1n) is 4.01. The molecule has 0 spiro atoms. The molecule has 0 bridgehead atoms. The molecule has 0 saturated heterocycles. The van der Waals surface area contributed by atoms with Crippen LogP contribution in [0.15, 0.2) is 18.2 Å². The molecule has 1 rings (SSSR count). The monoisotopic (exact) mass is 200 g/mol. The summed E-state index contributed by atoms with van der Waals surface area (Å²) in [6, 6.07) is 4.73. The summed E-state index contributed by atoms with van der Waals surface area (Å²) in [7, 11) is 0. The summed E-state index contributed by atoms with van der Waals surface area (Å²) in [6.45, 7) is 1.62. The first kappa shape index (κ1) is 10.3. The Labute approximate surface area is 82.3 Å². The van der Waals surface area contributed by atoms with Gasteiger partial charge in [0.2, 0.25) is 0 Å². The number of aliphatic hydroxyl groups is 1. The third-order valence-electron chi connectivity index (χ3n) is 1.97. The lowest BCUT2D eigenvalue weighted by molar-refractivity contribution is 0.164. The molecule has 0 aliphatic rings. The van der Waals surface area contributed by atoms with Crippen LogP contribution in [0, 0.1) is 0 Å².